The molecule has 1 amide bonds. The fourth-order valence-corrected chi connectivity index (χ4v) is 6.17. The Morgan fingerprint density at radius 2 is 1.78 bits per heavy atom. The van der Waals surface area contributed by atoms with Crippen LogP contribution in [-0.4, -0.2) is 57.4 Å². The summed E-state index contributed by atoms with van der Waals surface area (Å²) in [6, 6.07) is 16.5. The van der Waals surface area contributed by atoms with E-state index in [2.05, 4.69) is 10.1 Å². The van der Waals surface area contributed by atoms with Gasteiger partial charge >= 0.3 is 0 Å². The number of amides is 1. The van der Waals surface area contributed by atoms with Crippen LogP contribution in [0.4, 0.5) is 0 Å². The molecule has 3 heterocycles. The van der Waals surface area contributed by atoms with Crippen LogP contribution in [0.3, 0.4) is 0 Å². The molecule has 2 aromatic carbocycles. The molecule has 1 atom stereocenters. The molecule has 1 unspecified atom stereocenters. The van der Waals surface area contributed by atoms with Crippen molar-refractivity contribution in [2.45, 2.75) is 24.5 Å². The third-order valence-corrected chi connectivity index (χ3v) is 8.55. The summed E-state index contributed by atoms with van der Waals surface area (Å²) in [4.78, 5) is 29.3. The first-order valence-corrected chi connectivity index (χ1v) is 13.2. The van der Waals surface area contributed by atoms with E-state index in [-0.39, 0.29) is 29.6 Å². The molecule has 9 nitrogen and oxygen atoms in total. The maximum absolute atomic E-state index is 13.3. The van der Waals surface area contributed by atoms with E-state index in [1.165, 1.54) is 15.1 Å². The number of halogens is 1. The maximum Gasteiger partial charge on any atom is 0.266 e. The summed E-state index contributed by atoms with van der Waals surface area (Å²) in [6.45, 7) is 2.44. The summed E-state index contributed by atoms with van der Waals surface area (Å²) in [5, 5.41) is 5.50. The van der Waals surface area contributed by atoms with Gasteiger partial charge in [-0.25, -0.2) is 13.1 Å². The number of nitrogens with one attached hydrogen (secondary N) is 1. The molecule has 0 spiro atoms. The molecule has 0 radical (unpaired) electrons. The Kier molecular flexibility index (Phi) is 6.19. The molecule has 5 rings (SSSR count). The van der Waals surface area contributed by atoms with Gasteiger partial charge in [0.2, 0.25) is 5.91 Å². The van der Waals surface area contributed by atoms with Crippen LogP contribution in [0.15, 0.2) is 70.5 Å². The number of aromatic amines is 1. The van der Waals surface area contributed by atoms with Crippen molar-refractivity contribution in [2.24, 2.45) is 7.05 Å². The number of aromatic nitrogens is 3. The number of fused-ring (bicyclic) bond motifs is 1. The average Bonchev–Trinajstić information content (AvgIpc) is 3.28. The lowest BCUT2D eigenvalue weighted by molar-refractivity contribution is -0.138. The topological polar surface area (TPSA) is 108 Å². The van der Waals surface area contributed by atoms with Gasteiger partial charge in [0.1, 0.15) is 11.1 Å². The lowest BCUT2D eigenvalue weighted by atomic mass is 10.1. The smallest absolute Gasteiger partial charge is 0.266 e. The first kappa shape index (κ1) is 24.2. The molecule has 11 heteroatoms. The van der Waals surface area contributed by atoms with E-state index in [0.29, 0.717) is 28.2 Å². The van der Waals surface area contributed by atoms with E-state index >= 15 is 0 Å². The summed E-state index contributed by atoms with van der Waals surface area (Å²) in [5.41, 5.74) is 2.91. The summed E-state index contributed by atoms with van der Waals surface area (Å²) in [7, 11) is -2.30. The largest absolute Gasteiger partial charge is 0.345 e. The number of carbonyl (C=O) groups excluding carboxylic acids is 1. The molecule has 186 valence electrons. The standard InChI is InChI=1S/C25H24ClN5O4S/c1-16-25(33)30(15-17-3-5-18(6-4-17)22-9-10-24(32)29(2)28-22)11-12-31(16)36(34,35)23-14-19-13-20(26)7-8-21(19)27-23/h3-10,13-14,16,27H,11-12,15H2,1-2H3. The van der Waals surface area contributed by atoms with Gasteiger partial charge in [-0.3, -0.25) is 9.59 Å². The zero-order valence-corrected chi connectivity index (χ0v) is 21.3. The number of H-pyrrole nitrogens is 1. The highest BCUT2D eigenvalue weighted by molar-refractivity contribution is 7.89. The van der Waals surface area contributed by atoms with E-state index in [1.807, 2.05) is 24.3 Å². The third-order valence-electron chi connectivity index (χ3n) is 6.42. The second-order valence-corrected chi connectivity index (χ2v) is 11.1. The zero-order valence-electron chi connectivity index (χ0n) is 19.7. The first-order chi connectivity index (χ1) is 17.1. The van der Waals surface area contributed by atoms with Gasteiger partial charge < -0.3 is 9.88 Å². The quantitative estimate of drug-likeness (QED) is 0.431. The van der Waals surface area contributed by atoms with Gasteiger partial charge in [0.05, 0.1) is 5.69 Å². The van der Waals surface area contributed by atoms with Gasteiger partial charge in [0.25, 0.3) is 15.6 Å². The van der Waals surface area contributed by atoms with E-state index in [1.54, 1.807) is 49.2 Å². The normalized spacial score (nSPS) is 17.1. The summed E-state index contributed by atoms with van der Waals surface area (Å²) in [6.07, 6.45) is 0. The monoisotopic (exact) mass is 525 g/mol. The van der Waals surface area contributed by atoms with Gasteiger partial charge in [-0.2, -0.15) is 9.40 Å². The number of benzene rings is 2. The number of nitrogens with zero attached hydrogens (tertiary/aromatic N) is 4. The SMILES string of the molecule is CC1C(=O)N(Cc2ccc(-c3ccc(=O)n(C)n3)cc2)CCN1S(=O)(=O)c1cc2cc(Cl)ccc2[nH]1. The molecule has 1 saturated heterocycles. The second-order valence-electron chi connectivity index (χ2n) is 8.79. The predicted octanol–water partition coefficient (Wildman–Crippen LogP) is 3.00. The molecule has 4 aromatic rings. The number of sulfonamides is 1. The van der Waals surface area contributed by atoms with Gasteiger partial charge in [0, 0.05) is 54.2 Å². The highest BCUT2D eigenvalue weighted by Gasteiger charge is 2.39. The van der Waals surface area contributed by atoms with E-state index in [0.717, 1.165) is 11.1 Å². The molecular formula is C25H24ClN5O4S. The Labute approximate surface area is 213 Å². The van der Waals surface area contributed by atoms with Crippen molar-refractivity contribution in [2.75, 3.05) is 13.1 Å². The minimum atomic E-state index is -3.90. The van der Waals surface area contributed by atoms with Crippen LogP contribution in [0, 0.1) is 0 Å². The molecule has 36 heavy (non-hydrogen) atoms. The van der Waals surface area contributed by atoms with Crippen molar-refractivity contribution < 1.29 is 13.2 Å². The molecule has 0 bridgehead atoms. The Hall–Kier alpha value is -3.47. The van der Waals surface area contributed by atoms with E-state index in [9.17, 15) is 18.0 Å². The minimum Gasteiger partial charge on any atom is -0.345 e. The van der Waals surface area contributed by atoms with Crippen LogP contribution in [-0.2, 0) is 28.4 Å². The fourth-order valence-electron chi connectivity index (χ4n) is 4.40. The van der Waals surface area contributed by atoms with Crippen molar-refractivity contribution in [1.82, 2.24) is 24.0 Å². The predicted molar refractivity (Wildman–Crippen MR) is 137 cm³/mol. The van der Waals surface area contributed by atoms with Gasteiger partial charge in [-0.05, 0) is 42.8 Å². The minimum absolute atomic E-state index is 0.0375. The zero-order chi connectivity index (χ0) is 25.6. The lowest BCUT2D eigenvalue weighted by Gasteiger charge is -2.38. The second kappa shape index (κ2) is 9.20. The molecule has 0 saturated carbocycles. The fraction of sp³-hybridized carbons (Fsp3) is 0.240. The van der Waals surface area contributed by atoms with Crippen molar-refractivity contribution in [3.63, 3.8) is 0 Å². The van der Waals surface area contributed by atoms with Crippen LogP contribution < -0.4 is 5.56 Å². The highest BCUT2D eigenvalue weighted by Crippen LogP contribution is 2.27. The summed E-state index contributed by atoms with van der Waals surface area (Å²) >= 11 is 6.03. The highest BCUT2D eigenvalue weighted by atomic mass is 35.5. The summed E-state index contributed by atoms with van der Waals surface area (Å²) in [5.74, 6) is -0.257. The Bertz CT molecular complexity index is 1630. The summed E-state index contributed by atoms with van der Waals surface area (Å²) < 4.78 is 29.2. The lowest BCUT2D eigenvalue weighted by Crippen LogP contribution is -2.57. The number of hydrogen-bond donors (Lipinski definition) is 1. The molecule has 2 aromatic heterocycles. The first-order valence-electron chi connectivity index (χ1n) is 11.4. The van der Waals surface area contributed by atoms with Crippen molar-refractivity contribution in [1.29, 1.82) is 0 Å². The number of carbonyl (C=O) groups is 1. The molecule has 1 aliphatic rings. The number of aryl methyl sites for hydroxylation is 1. The van der Waals surface area contributed by atoms with Crippen LogP contribution in [0.5, 0.6) is 0 Å². The van der Waals surface area contributed by atoms with Crippen molar-refractivity contribution in [3.05, 3.63) is 81.6 Å². The Balaban J connectivity index is 1.30. The molecule has 1 N–H and O–H groups in total. The Morgan fingerprint density at radius 3 is 2.50 bits per heavy atom. The van der Waals surface area contributed by atoms with Gasteiger partial charge in [0.15, 0.2) is 0 Å². The Morgan fingerprint density at radius 1 is 1.03 bits per heavy atom. The molecule has 1 fully saturated rings. The number of piperazine rings is 1. The van der Waals surface area contributed by atoms with Crippen LogP contribution in [0.2, 0.25) is 5.02 Å². The number of rotatable bonds is 5. The van der Waals surface area contributed by atoms with Crippen molar-refractivity contribution in [3.8, 4) is 11.3 Å². The molecular weight excluding hydrogens is 502 g/mol. The van der Waals surface area contributed by atoms with Crippen molar-refractivity contribution >= 4 is 38.4 Å². The van der Waals surface area contributed by atoms with Crippen LogP contribution >= 0.6 is 11.6 Å². The number of hydrogen-bond acceptors (Lipinski definition) is 5. The maximum atomic E-state index is 13.3. The van der Waals surface area contributed by atoms with E-state index in [4.69, 9.17) is 11.6 Å². The van der Waals surface area contributed by atoms with Crippen LogP contribution in [0.25, 0.3) is 22.2 Å². The van der Waals surface area contributed by atoms with E-state index < -0.39 is 16.1 Å². The van der Waals surface area contributed by atoms with Gasteiger partial charge in [-0.1, -0.05) is 35.9 Å². The molecule has 0 aliphatic carbocycles. The third kappa shape index (κ3) is 4.43. The van der Waals surface area contributed by atoms with Gasteiger partial charge in [-0.15, -0.1) is 0 Å². The average molecular weight is 526 g/mol. The molecule has 1 aliphatic heterocycles. The van der Waals surface area contributed by atoms with Crippen LogP contribution in [0.1, 0.15) is 12.5 Å².